The summed E-state index contributed by atoms with van der Waals surface area (Å²) in [6, 6.07) is 5.35. The van der Waals surface area contributed by atoms with Crippen molar-refractivity contribution < 1.29 is 28.7 Å². The van der Waals surface area contributed by atoms with Crippen LogP contribution in [-0.2, 0) is 14.0 Å². The van der Waals surface area contributed by atoms with Gasteiger partial charge in [-0.1, -0.05) is 32.9 Å². The summed E-state index contributed by atoms with van der Waals surface area (Å²) in [4.78, 5) is 40.4. The molecule has 1 amide bonds. The van der Waals surface area contributed by atoms with Crippen molar-refractivity contribution in [3.8, 4) is 10.6 Å². The van der Waals surface area contributed by atoms with E-state index in [0.717, 1.165) is 0 Å². The summed E-state index contributed by atoms with van der Waals surface area (Å²) in [7, 11) is -0.878. The Morgan fingerprint density at radius 3 is 2.52 bits per heavy atom. The number of methoxy groups -OCH3 is 1. The zero-order chi connectivity index (χ0) is 23.4. The largest absolute Gasteiger partial charge is 0.478 e. The molecule has 2 N–H and O–H groups in total. The van der Waals surface area contributed by atoms with E-state index >= 15 is 0 Å². The molecule has 1 aromatic heterocycles. The number of hydrogen-bond acceptors (Lipinski definition) is 7. The fourth-order valence-corrected chi connectivity index (χ4v) is 4.16. The lowest BCUT2D eigenvalue weighted by Crippen LogP contribution is -2.49. The second-order valence-electron chi connectivity index (χ2n) is 8.54. The van der Waals surface area contributed by atoms with Gasteiger partial charge in [0.25, 0.3) is 5.91 Å². The molecule has 8 nitrogen and oxygen atoms in total. The number of hydrogen-bond donors (Lipinski definition) is 2. The molecule has 0 fully saturated rings. The van der Waals surface area contributed by atoms with Crippen LogP contribution >= 0.6 is 11.3 Å². The molecule has 0 saturated heterocycles. The van der Waals surface area contributed by atoms with Gasteiger partial charge in [0.15, 0.2) is 8.32 Å². The van der Waals surface area contributed by atoms with Crippen LogP contribution in [0.3, 0.4) is 0 Å². The second kappa shape index (κ2) is 9.71. The first kappa shape index (κ1) is 24.7. The molecule has 0 aliphatic carbocycles. The molecule has 10 heteroatoms. The number of benzene rings is 1. The summed E-state index contributed by atoms with van der Waals surface area (Å²) >= 11 is 1.21. The quantitative estimate of drug-likeness (QED) is 0.451. The van der Waals surface area contributed by atoms with Crippen molar-refractivity contribution in [1.82, 2.24) is 10.3 Å². The van der Waals surface area contributed by atoms with Gasteiger partial charge in [0, 0.05) is 10.9 Å². The molecule has 0 radical (unpaired) electrons. The minimum atomic E-state index is -2.13. The normalized spacial score (nSPS) is 12.8. The summed E-state index contributed by atoms with van der Waals surface area (Å²) in [5.74, 6) is -2.18. The third-order valence-corrected chi connectivity index (χ3v) is 10.7. The van der Waals surface area contributed by atoms with Crippen LogP contribution in [0, 0.1) is 0 Å². The van der Waals surface area contributed by atoms with Crippen molar-refractivity contribution >= 4 is 37.5 Å². The smallest absolute Gasteiger partial charge is 0.335 e. The van der Waals surface area contributed by atoms with Crippen LogP contribution in [0.2, 0.25) is 18.1 Å². The Kier molecular flexibility index (Phi) is 7.74. The predicted octanol–water partition coefficient (Wildman–Crippen LogP) is 3.80. The van der Waals surface area contributed by atoms with E-state index in [1.165, 1.54) is 30.6 Å². The van der Waals surface area contributed by atoms with Crippen LogP contribution in [0.1, 0.15) is 41.6 Å². The molecule has 0 aliphatic heterocycles. The zero-order valence-corrected chi connectivity index (χ0v) is 20.3. The molecule has 31 heavy (non-hydrogen) atoms. The molecule has 1 aromatic carbocycles. The number of aromatic carboxylic acids is 1. The summed E-state index contributed by atoms with van der Waals surface area (Å²) in [5, 5.41) is 13.8. The van der Waals surface area contributed by atoms with E-state index in [-0.39, 0.29) is 22.9 Å². The number of thiazole rings is 1. The molecular weight excluding hydrogens is 436 g/mol. The highest BCUT2D eigenvalue weighted by atomic mass is 32.1. The number of nitrogens with one attached hydrogen (secondary N) is 1. The maximum Gasteiger partial charge on any atom is 0.335 e. The fourth-order valence-electron chi connectivity index (χ4n) is 2.35. The lowest BCUT2D eigenvalue weighted by atomic mass is 10.1. The average molecular weight is 465 g/mol. The maximum atomic E-state index is 12.7. The van der Waals surface area contributed by atoms with Crippen molar-refractivity contribution in [2.24, 2.45) is 0 Å². The Bertz CT molecular complexity index is 967. The van der Waals surface area contributed by atoms with Gasteiger partial charge in [-0.05, 0) is 30.3 Å². The van der Waals surface area contributed by atoms with E-state index in [1.54, 1.807) is 17.5 Å². The van der Waals surface area contributed by atoms with E-state index < -0.39 is 32.2 Å². The Morgan fingerprint density at radius 2 is 1.94 bits per heavy atom. The highest BCUT2D eigenvalue weighted by Gasteiger charge is 2.38. The van der Waals surface area contributed by atoms with Gasteiger partial charge in [0.1, 0.15) is 16.7 Å². The number of carboxylic acid groups (broad SMARTS) is 1. The highest BCUT2D eigenvalue weighted by molar-refractivity contribution is 7.13. The van der Waals surface area contributed by atoms with Crippen molar-refractivity contribution in [1.29, 1.82) is 0 Å². The van der Waals surface area contributed by atoms with E-state index in [4.69, 9.17) is 14.3 Å². The highest BCUT2D eigenvalue weighted by Crippen LogP contribution is 2.36. The summed E-state index contributed by atoms with van der Waals surface area (Å²) in [6.07, 6.45) is 0. The zero-order valence-electron chi connectivity index (χ0n) is 18.5. The third-order valence-electron chi connectivity index (χ3n) is 5.30. The minimum Gasteiger partial charge on any atom is -0.478 e. The SMILES string of the molecule is COC(=O)[C@H](CO[Si](C)(C)C(C)(C)C)NC(=O)c1csc(-c2cccc(C(=O)O)c2)n1. The molecule has 2 rings (SSSR count). The van der Waals surface area contributed by atoms with Gasteiger partial charge in [-0.2, -0.15) is 0 Å². The Morgan fingerprint density at radius 1 is 1.26 bits per heavy atom. The molecule has 0 bridgehead atoms. The van der Waals surface area contributed by atoms with Crippen LogP contribution in [0.15, 0.2) is 29.6 Å². The summed E-state index contributed by atoms with van der Waals surface area (Å²) in [5.41, 5.74) is 0.851. The lowest BCUT2D eigenvalue weighted by molar-refractivity contribution is -0.143. The maximum absolute atomic E-state index is 12.7. The number of ether oxygens (including phenoxy) is 1. The number of carbonyl (C=O) groups excluding carboxylic acids is 2. The van der Waals surface area contributed by atoms with Gasteiger partial charge in [0.2, 0.25) is 0 Å². The third kappa shape index (κ3) is 6.22. The standard InChI is InChI=1S/C21H28N2O6SSi/c1-21(2,3)31(5,6)29-11-15(20(27)28-4)22-17(24)16-12-30-18(23-16)13-8-7-9-14(10-13)19(25)26/h7-10,12,15H,11H2,1-6H3,(H,22,24)(H,25,26)/t15-/m0/s1. The van der Waals surface area contributed by atoms with Crippen LogP contribution in [0.25, 0.3) is 10.6 Å². The van der Waals surface area contributed by atoms with Crippen LogP contribution < -0.4 is 5.32 Å². The summed E-state index contributed by atoms with van der Waals surface area (Å²) < 4.78 is 10.9. The molecule has 2 aromatic rings. The first-order valence-electron chi connectivity index (χ1n) is 9.67. The first-order valence-corrected chi connectivity index (χ1v) is 13.5. The monoisotopic (exact) mass is 464 g/mol. The van der Waals surface area contributed by atoms with E-state index in [1.807, 2.05) is 0 Å². The van der Waals surface area contributed by atoms with Gasteiger partial charge in [-0.15, -0.1) is 11.3 Å². The molecule has 1 atom stereocenters. The number of aromatic nitrogens is 1. The Balaban J connectivity index is 2.15. The topological polar surface area (TPSA) is 115 Å². The number of nitrogens with zero attached hydrogens (tertiary/aromatic N) is 1. The van der Waals surface area contributed by atoms with Gasteiger partial charge in [-0.3, -0.25) is 4.79 Å². The number of carboxylic acids is 1. The van der Waals surface area contributed by atoms with Crippen molar-refractivity contribution in [3.63, 3.8) is 0 Å². The van der Waals surface area contributed by atoms with E-state index in [9.17, 15) is 14.4 Å². The van der Waals surface area contributed by atoms with E-state index in [2.05, 4.69) is 44.2 Å². The van der Waals surface area contributed by atoms with Gasteiger partial charge >= 0.3 is 11.9 Å². The number of amides is 1. The molecule has 0 saturated carbocycles. The van der Waals surface area contributed by atoms with E-state index in [0.29, 0.717) is 10.6 Å². The van der Waals surface area contributed by atoms with Crippen LogP contribution in [0.5, 0.6) is 0 Å². The molecule has 0 spiro atoms. The van der Waals surface area contributed by atoms with Crippen LogP contribution in [0.4, 0.5) is 0 Å². The molecular formula is C21H28N2O6SSi. The fraction of sp³-hybridized carbons (Fsp3) is 0.429. The van der Waals surface area contributed by atoms with Gasteiger partial charge in [-0.25, -0.2) is 14.6 Å². The second-order valence-corrected chi connectivity index (χ2v) is 14.2. The van der Waals surface area contributed by atoms with Crippen LogP contribution in [-0.4, -0.2) is 56.0 Å². The first-order chi connectivity index (χ1) is 14.4. The molecule has 1 heterocycles. The molecule has 0 aliphatic rings. The van der Waals surface area contributed by atoms with Crippen molar-refractivity contribution in [3.05, 3.63) is 40.9 Å². The lowest BCUT2D eigenvalue weighted by Gasteiger charge is -2.37. The molecule has 168 valence electrons. The number of esters is 1. The number of carbonyl (C=O) groups is 3. The Labute approximate surface area is 186 Å². The van der Waals surface area contributed by atoms with Gasteiger partial charge in [0.05, 0.1) is 19.3 Å². The van der Waals surface area contributed by atoms with Crippen molar-refractivity contribution in [2.75, 3.05) is 13.7 Å². The van der Waals surface area contributed by atoms with Gasteiger partial charge < -0.3 is 19.6 Å². The predicted molar refractivity (Wildman–Crippen MR) is 121 cm³/mol. The minimum absolute atomic E-state index is 0.00650. The summed E-state index contributed by atoms with van der Waals surface area (Å²) in [6.45, 7) is 10.4. The average Bonchev–Trinajstić information content (AvgIpc) is 3.20. The number of rotatable bonds is 8. The molecule has 0 unspecified atom stereocenters. The van der Waals surface area contributed by atoms with Crippen molar-refractivity contribution in [2.45, 2.75) is 44.9 Å². The Hall–Kier alpha value is -2.56.